The molecule has 0 aliphatic carbocycles. The molecule has 2 rings (SSSR count). The third-order valence-corrected chi connectivity index (χ3v) is 2.13. The average molecular weight is 198 g/mol. The molecule has 0 heteroatoms. The predicted molar refractivity (Wildman–Crippen MR) is 67.0 cm³/mol. The molecule has 0 nitrogen and oxygen atoms in total. The molecule has 0 saturated heterocycles. The van der Waals surface area contributed by atoms with E-state index in [1.165, 1.54) is 5.56 Å². The molecule has 0 N–H and O–H groups in total. The van der Waals surface area contributed by atoms with Gasteiger partial charge in [0.15, 0.2) is 0 Å². The average Bonchev–Trinajstić information content (AvgIpc) is 2.33. The summed E-state index contributed by atoms with van der Waals surface area (Å²) in [5.41, 5.74) is 1.41. The van der Waals surface area contributed by atoms with Gasteiger partial charge in [-0.3, -0.25) is 0 Å². The van der Waals surface area contributed by atoms with Crippen LogP contribution in [0.2, 0.25) is 0 Å². The summed E-state index contributed by atoms with van der Waals surface area (Å²) in [5.74, 6) is 0.659. The Morgan fingerprint density at radius 2 is 0.933 bits per heavy atom. The first-order valence-corrected chi connectivity index (χ1v) is 5.35. The Morgan fingerprint density at radius 1 is 0.600 bits per heavy atom. The minimum Gasteiger partial charge on any atom is -0.0623 e. The number of hydrogen-bond donors (Lipinski definition) is 0. The van der Waals surface area contributed by atoms with Crippen LogP contribution in [0.25, 0.3) is 0 Å². The standard InChI is InChI=1S/C9H12.C6H6/c1-8(2)9-6-4-3-5-7-9;1-2-4-6-5-3-1/h3-8H,1-2H3;1-6H. The molecule has 0 aromatic heterocycles. The zero-order valence-corrected chi connectivity index (χ0v) is 9.43. The van der Waals surface area contributed by atoms with Crippen molar-refractivity contribution in [2.45, 2.75) is 19.8 Å². The van der Waals surface area contributed by atoms with Crippen LogP contribution in [0.3, 0.4) is 0 Å². The SMILES string of the molecule is CC(C)c1ccccc1.c1ccccc1. The number of hydrogen-bond acceptors (Lipinski definition) is 0. The quantitative estimate of drug-likeness (QED) is 0.633. The summed E-state index contributed by atoms with van der Waals surface area (Å²) in [6.07, 6.45) is 0. The Balaban J connectivity index is 0.000000162. The van der Waals surface area contributed by atoms with Gasteiger partial charge in [-0.25, -0.2) is 0 Å². The minimum atomic E-state index is 0.659. The van der Waals surface area contributed by atoms with E-state index in [2.05, 4.69) is 38.1 Å². The van der Waals surface area contributed by atoms with E-state index < -0.39 is 0 Å². The molecule has 0 fully saturated rings. The lowest BCUT2D eigenvalue weighted by Crippen LogP contribution is -1.83. The maximum Gasteiger partial charge on any atom is -0.0219 e. The first-order chi connectivity index (χ1) is 7.30. The van der Waals surface area contributed by atoms with Crippen molar-refractivity contribution in [3.8, 4) is 0 Å². The van der Waals surface area contributed by atoms with Crippen LogP contribution in [0.15, 0.2) is 66.7 Å². The molecule has 0 spiro atoms. The fraction of sp³-hybridized carbons (Fsp3) is 0.200. The van der Waals surface area contributed by atoms with Crippen molar-refractivity contribution in [2.75, 3.05) is 0 Å². The van der Waals surface area contributed by atoms with Crippen LogP contribution in [-0.2, 0) is 0 Å². The van der Waals surface area contributed by atoms with Crippen molar-refractivity contribution < 1.29 is 0 Å². The van der Waals surface area contributed by atoms with E-state index in [0.717, 1.165) is 0 Å². The molecule has 0 saturated carbocycles. The molecule has 0 amide bonds. The Labute approximate surface area is 92.6 Å². The highest BCUT2D eigenvalue weighted by molar-refractivity contribution is 5.17. The second-order valence-corrected chi connectivity index (χ2v) is 3.72. The van der Waals surface area contributed by atoms with Crippen LogP contribution in [0.1, 0.15) is 25.3 Å². The fourth-order valence-corrected chi connectivity index (χ4v) is 1.22. The van der Waals surface area contributed by atoms with E-state index in [-0.39, 0.29) is 0 Å². The van der Waals surface area contributed by atoms with Crippen molar-refractivity contribution in [3.63, 3.8) is 0 Å². The van der Waals surface area contributed by atoms with Gasteiger partial charge < -0.3 is 0 Å². The third-order valence-electron chi connectivity index (χ3n) is 2.13. The van der Waals surface area contributed by atoms with Gasteiger partial charge in [-0.15, -0.1) is 0 Å². The van der Waals surface area contributed by atoms with E-state index in [0.29, 0.717) is 5.92 Å². The maximum atomic E-state index is 2.20. The normalized spacial score (nSPS) is 9.27. The molecular formula is C15H18. The second kappa shape index (κ2) is 6.83. The van der Waals surface area contributed by atoms with Gasteiger partial charge in [0.1, 0.15) is 0 Å². The summed E-state index contributed by atoms with van der Waals surface area (Å²) >= 11 is 0. The first kappa shape index (κ1) is 11.5. The summed E-state index contributed by atoms with van der Waals surface area (Å²) in [6.45, 7) is 4.41. The van der Waals surface area contributed by atoms with Crippen LogP contribution in [-0.4, -0.2) is 0 Å². The molecule has 0 unspecified atom stereocenters. The molecule has 0 atom stereocenters. The highest BCUT2D eigenvalue weighted by Crippen LogP contribution is 2.11. The predicted octanol–water partition coefficient (Wildman–Crippen LogP) is 4.50. The number of rotatable bonds is 1. The van der Waals surface area contributed by atoms with Gasteiger partial charge in [0.25, 0.3) is 0 Å². The van der Waals surface area contributed by atoms with Crippen molar-refractivity contribution in [1.29, 1.82) is 0 Å². The lowest BCUT2D eigenvalue weighted by molar-refractivity contribution is 0.867. The smallest absolute Gasteiger partial charge is 0.0219 e. The van der Waals surface area contributed by atoms with Gasteiger partial charge in [-0.2, -0.15) is 0 Å². The van der Waals surface area contributed by atoms with E-state index in [9.17, 15) is 0 Å². The number of benzene rings is 2. The van der Waals surface area contributed by atoms with Crippen molar-refractivity contribution in [3.05, 3.63) is 72.3 Å². The molecule has 0 aliphatic heterocycles. The van der Waals surface area contributed by atoms with E-state index in [1.54, 1.807) is 0 Å². The fourth-order valence-electron chi connectivity index (χ4n) is 1.22. The Morgan fingerprint density at radius 3 is 1.20 bits per heavy atom. The lowest BCUT2D eigenvalue weighted by Gasteiger charge is -2.01. The molecule has 0 heterocycles. The molecular weight excluding hydrogens is 180 g/mol. The molecule has 0 radical (unpaired) electrons. The van der Waals surface area contributed by atoms with Crippen molar-refractivity contribution >= 4 is 0 Å². The molecule has 0 aliphatic rings. The Bertz CT molecular complexity index is 308. The summed E-state index contributed by atoms with van der Waals surface area (Å²) in [6, 6.07) is 22.5. The van der Waals surface area contributed by atoms with E-state index >= 15 is 0 Å². The summed E-state index contributed by atoms with van der Waals surface area (Å²) < 4.78 is 0. The molecule has 15 heavy (non-hydrogen) atoms. The maximum absolute atomic E-state index is 2.20. The monoisotopic (exact) mass is 198 g/mol. The second-order valence-electron chi connectivity index (χ2n) is 3.72. The van der Waals surface area contributed by atoms with Crippen LogP contribution < -0.4 is 0 Å². The summed E-state index contributed by atoms with van der Waals surface area (Å²) in [4.78, 5) is 0. The molecule has 2 aromatic rings. The first-order valence-electron chi connectivity index (χ1n) is 5.35. The zero-order valence-electron chi connectivity index (χ0n) is 9.43. The van der Waals surface area contributed by atoms with Gasteiger partial charge in [-0.1, -0.05) is 80.6 Å². The van der Waals surface area contributed by atoms with Gasteiger partial charge in [-0.05, 0) is 11.5 Å². The van der Waals surface area contributed by atoms with E-state index in [1.807, 2.05) is 42.5 Å². The van der Waals surface area contributed by atoms with E-state index in [4.69, 9.17) is 0 Å². The molecule has 78 valence electrons. The van der Waals surface area contributed by atoms with Crippen LogP contribution in [0.4, 0.5) is 0 Å². The van der Waals surface area contributed by atoms with Gasteiger partial charge >= 0.3 is 0 Å². The van der Waals surface area contributed by atoms with Gasteiger partial charge in [0.05, 0.1) is 0 Å². The third kappa shape index (κ3) is 5.02. The largest absolute Gasteiger partial charge is 0.0623 e. The molecule has 2 aromatic carbocycles. The Hall–Kier alpha value is -1.56. The van der Waals surface area contributed by atoms with Crippen molar-refractivity contribution in [2.24, 2.45) is 0 Å². The molecule has 0 bridgehead atoms. The lowest BCUT2D eigenvalue weighted by atomic mass is 10.0. The van der Waals surface area contributed by atoms with Gasteiger partial charge in [0.2, 0.25) is 0 Å². The van der Waals surface area contributed by atoms with Crippen LogP contribution in [0.5, 0.6) is 0 Å². The highest BCUT2D eigenvalue weighted by Gasteiger charge is 1.93. The highest BCUT2D eigenvalue weighted by atomic mass is 14.0. The zero-order chi connectivity index (χ0) is 10.9. The Kier molecular flexibility index (Phi) is 5.24. The van der Waals surface area contributed by atoms with Gasteiger partial charge in [0, 0.05) is 0 Å². The van der Waals surface area contributed by atoms with Crippen molar-refractivity contribution in [1.82, 2.24) is 0 Å². The summed E-state index contributed by atoms with van der Waals surface area (Å²) in [5, 5.41) is 0. The van der Waals surface area contributed by atoms with Crippen LogP contribution >= 0.6 is 0 Å². The van der Waals surface area contributed by atoms with Crippen LogP contribution in [0, 0.1) is 0 Å². The summed E-state index contributed by atoms with van der Waals surface area (Å²) in [7, 11) is 0. The minimum absolute atomic E-state index is 0.659. The topological polar surface area (TPSA) is 0 Å².